The molecule has 1 aromatic heterocycles. The van der Waals surface area contributed by atoms with E-state index in [0.717, 1.165) is 0 Å². The van der Waals surface area contributed by atoms with Crippen molar-refractivity contribution in [1.82, 2.24) is 9.88 Å². The molecular weight excluding hydrogens is 320 g/mol. The second-order valence-corrected chi connectivity index (χ2v) is 5.86. The molecule has 9 heteroatoms. The van der Waals surface area contributed by atoms with Crippen LogP contribution in [-0.2, 0) is 9.59 Å². The zero-order chi connectivity index (χ0) is 16.4. The molecule has 0 atom stereocenters. The summed E-state index contributed by atoms with van der Waals surface area (Å²) < 4.78 is 0. The van der Waals surface area contributed by atoms with Gasteiger partial charge in [-0.25, -0.2) is 4.98 Å². The number of carbonyl (C=O) groups excluding carboxylic acids is 2. The van der Waals surface area contributed by atoms with E-state index in [9.17, 15) is 19.7 Å². The smallest absolute Gasteiger partial charge is 0.295 e. The van der Waals surface area contributed by atoms with Gasteiger partial charge in [0.1, 0.15) is 12.1 Å². The molecule has 118 valence electrons. The molecule has 23 heavy (non-hydrogen) atoms. The Hall–Kier alpha value is -2.68. The molecule has 1 N–H and O–H groups in total. The number of benzene rings is 1. The topological polar surface area (TPSA) is 105 Å². The quantitative estimate of drug-likeness (QED) is 0.673. The molecule has 0 spiro atoms. The highest BCUT2D eigenvalue weighted by atomic mass is 32.2. The van der Waals surface area contributed by atoms with Crippen molar-refractivity contribution in [2.75, 3.05) is 23.5 Å². The van der Waals surface area contributed by atoms with Crippen LogP contribution < -0.4 is 5.32 Å². The summed E-state index contributed by atoms with van der Waals surface area (Å²) in [5.41, 5.74) is 0.524. The molecule has 0 aliphatic carbocycles. The third-order valence-electron chi connectivity index (χ3n) is 3.38. The van der Waals surface area contributed by atoms with Crippen LogP contribution >= 0.6 is 11.8 Å². The Kier molecular flexibility index (Phi) is 4.11. The van der Waals surface area contributed by atoms with Gasteiger partial charge < -0.3 is 10.2 Å². The minimum Gasteiger partial charge on any atom is -0.324 e. The van der Waals surface area contributed by atoms with Crippen LogP contribution in [0.2, 0.25) is 0 Å². The molecule has 1 aliphatic heterocycles. The van der Waals surface area contributed by atoms with Crippen LogP contribution in [0.1, 0.15) is 0 Å². The zero-order valence-corrected chi connectivity index (χ0v) is 12.7. The standard InChI is InChI=1S/C14H12N4O4S/c19-12(6-17-8-23-7-13(17)20)16-10-3-4-11(18(21)22)14-9(10)2-1-5-15-14/h1-5H,6-8H2,(H,16,19). The van der Waals surface area contributed by atoms with Crippen LogP contribution in [-0.4, -0.2) is 44.8 Å². The van der Waals surface area contributed by atoms with Gasteiger partial charge in [0, 0.05) is 17.6 Å². The number of rotatable bonds is 4. The maximum Gasteiger partial charge on any atom is 0.295 e. The molecule has 1 aliphatic rings. The lowest BCUT2D eigenvalue weighted by Crippen LogP contribution is -2.34. The number of hydrogen-bond donors (Lipinski definition) is 1. The van der Waals surface area contributed by atoms with Crippen molar-refractivity contribution in [1.29, 1.82) is 0 Å². The van der Waals surface area contributed by atoms with Crippen LogP contribution in [0.4, 0.5) is 11.4 Å². The van der Waals surface area contributed by atoms with E-state index in [2.05, 4.69) is 10.3 Å². The van der Waals surface area contributed by atoms with E-state index in [4.69, 9.17) is 0 Å². The highest BCUT2D eigenvalue weighted by Gasteiger charge is 2.23. The molecule has 0 unspecified atom stereocenters. The molecule has 1 fully saturated rings. The van der Waals surface area contributed by atoms with Crippen molar-refractivity contribution in [2.24, 2.45) is 0 Å². The SMILES string of the molecule is O=C(CN1CSCC1=O)Nc1ccc([N+](=O)[O-])c2ncccc12. The molecule has 0 bridgehead atoms. The summed E-state index contributed by atoms with van der Waals surface area (Å²) >= 11 is 1.46. The number of nitro groups is 1. The molecule has 1 saturated heterocycles. The first-order valence-electron chi connectivity index (χ1n) is 6.74. The summed E-state index contributed by atoms with van der Waals surface area (Å²) in [6, 6.07) is 6.08. The van der Waals surface area contributed by atoms with Gasteiger partial charge in [0.05, 0.1) is 22.2 Å². The van der Waals surface area contributed by atoms with Gasteiger partial charge in [0.15, 0.2) is 0 Å². The van der Waals surface area contributed by atoms with Gasteiger partial charge in [0.25, 0.3) is 5.69 Å². The minimum atomic E-state index is -0.513. The molecular formula is C14H12N4O4S. The lowest BCUT2D eigenvalue weighted by Gasteiger charge is -2.15. The summed E-state index contributed by atoms with van der Waals surface area (Å²) in [6.07, 6.45) is 1.46. The zero-order valence-electron chi connectivity index (χ0n) is 11.9. The van der Waals surface area contributed by atoms with Gasteiger partial charge in [-0.15, -0.1) is 11.8 Å². The number of aromatic nitrogens is 1. The van der Waals surface area contributed by atoms with E-state index in [1.165, 1.54) is 35.0 Å². The van der Waals surface area contributed by atoms with Crippen LogP contribution in [0, 0.1) is 10.1 Å². The predicted octanol–water partition coefficient (Wildman–Crippen LogP) is 1.61. The molecule has 1 aromatic carbocycles. The average Bonchev–Trinajstić information content (AvgIpc) is 2.92. The molecule has 3 rings (SSSR count). The van der Waals surface area contributed by atoms with Crippen molar-refractivity contribution >= 4 is 45.9 Å². The van der Waals surface area contributed by atoms with Crippen molar-refractivity contribution in [3.63, 3.8) is 0 Å². The van der Waals surface area contributed by atoms with E-state index >= 15 is 0 Å². The second kappa shape index (κ2) is 6.21. The Morgan fingerprint density at radius 2 is 2.26 bits per heavy atom. The van der Waals surface area contributed by atoms with Crippen molar-refractivity contribution in [3.8, 4) is 0 Å². The fourth-order valence-corrected chi connectivity index (χ4v) is 3.22. The van der Waals surface area contributed by atoms with Gasteiger partial charge in [0.2, 0.25) is 11.8 Å². The number of nitrogens with zero attached hydrogens (tertiary/aromatic N) is 3. The number of thioether (sulfide) groups is 1. The largest absolute Gasteiger partial charge is 0.324 e. The van der Waals surface area contributed by atoms with E-state index in [-0.39, 0.29) is 29.6 Å². The number of anilines is 1. The Morgan fingerprint density at radius 1 is 1.43 bits per heavy atom. The monoisotopic (exact) mass is 332 g/mol. The fourth-order valence-electron chi connectivity index (χ4n) is 2.32. The number of fused-ring (bicyclic) bond motifs is 1. The number of pyridine rings is 1. The lowest BCUT2D eigenvalue weighted by atomic mass is 10.1. The molecule has 0 saturated carbocycles. The molecule has 2 aromatic rings. The number of nitrogens with one attached hydrogen (secondary N) is 1. The Bertz CT molecular complexity index is 810. The second-order valence-electron chi connectivity index (χ2n) is 4.91. The first-order chi connectivity index (χ1) is 11.1. The van der Waals surface area contributed by atoms with Gasteiger partial charge in [-0.1, -0.05) is 0 Å². The normalized spacial score (nSPS) is 14.3. The first-order valence-corrected chi connectivity index (χ1v) is 7.89. The Labute approximate surface area is 135 Å². The number of amides is 2. The number of nitro benzene ring substituents is 1. The maximum absolute atomic E-state index is 12.1. The summed E-state index contributed by atoms with van der Waals surface area (Å²) in [5.74, 6) is 0.465. The van der Waals surface area contributed by atoms with Gasteiger partial charge in [-0.05, 0) is 18.2 Å². The van der Waals surface area contributed by atoms with Gasteiger partial charge in [-0.2, -0.15) is 0 Å². The van der Waals surface area contributed by atoms with Crippen molar-refractivity contribution in [3.05, 3.63) is 40.6 Å². The minimum absolute atomic E-state index is 0.0371. The van der Waals surface area contributed by atoms with Crippen LogP contribution in [0.25, 0.3) is 10.9 Å². The Morgan fingerprint density at radius 3 is 2.96 bits per heavy atom. The van der Waals surface area contributed by atoms with E-state index in [1.807, 2.05) is 0 Å². The number of hydrogen-bond acceptors (Lipinski definition) is 6. The third-order valence-corrected chi connectivity index (χ3v) is 4.32. The molecule has 8 nitrogen and oxygen atoms in total. The summed E-state index contributed by atoms with van der Waals surface area (Å²) in [4.78, 5) is 39.7. The number of non-ortho nitro benzene ring substituents is 1. The first kappa shape index (κ1) is 15.2. The number of carbonyl (C=O) groups is 2. The maximum atomic E-state index is 12.1. The highest BCUT2D eigenvalue weighted by Crippen LogP contribution is 2.29. The molecule has 0 radical (unpaired) electrons. The van der Waals surface area contributed by atoms with Gasteiger partial charge >= 0.3 is 0 Å². The summed E-state index contributed by atoms with van der Waals surface area (Å²) in [5, 5.41) is 14.2. The summed E-state index contributed by atoms with van der Waals surface area (Å²) in [7, 11) is 0. The molecule has 2 heterocycles. The van der Waals surface area contributed by atoms with Gasteiger partial charge in [-0.3, -0.25) is 19.7 Å². The average molecular weight is 332 g/mol. The predicted molar refractivity (Wildman–Crippen MR) is 86.1 cm³/mol. The van der Waals surface area contributed by atoms with Crippen LogP contribution in [0.15, 0.2) is 30.5 Å². The Balaban J connectivity index is 1.86. The lowest BCUT2D eigenvalue weighted by molar-refractivity contribution is -0.383. The fraction of sp³-hybridized carbons (Fsp3) is 0.214. The highest BCUT2D eigenvalue weighted by molar-refractivity contribution is 8.00. The summed E-state index contributed by atoms with van der Waals surface area (Å²) in [6.45, 7) is -0.0371. The van der Waals surface area contributed by atoms with E-state index < -0.39 is 4.92 Å². The third kappa shape index (κ3) is 3.09. The van der Waals surface area contributed by atoms with Crippen molar-refractivity contribution < 1.29 is 14.5 Å². The van der Waals surface area contributed by atoms with E-state index in [0.29, 0.717) is 22.7 Å². The van der Waals surface area contributed by atoms with Crippen molar-refractivity contribution in [2.45, 2.75) is 0 Å². The molecule has 2 amide bonds. The van der Waals surface area contributed by atoms with Crippen LogP contribution in [0.3, 0.4) is 0 Å². The van der Waals surface area contributed by atoms with Crippen LogP contribution in [0.5, 0.6) is 0 Å². The van der Waals surface area contributed by atoms with E-state index in [1.54, 1.807) is 12.1 Å².